The molecule has 0 N–H and O–H groups in total. The predicted octanol–water partition coefficient (Wildman–Crippen LogP) is 4.05. The second-order valence-electron chi connectivity index (χ2n) is 6.70. The van der Waals surface area contributed by atoms with E-state index in [1.807, 2.05) is 30.5 Å². The molecule has 1 aromatic carbocycles. The van der Waals surface area contributed by atoms with Crippen LogP contribution in [0.3, 0.4) is 0 Å². The summed E-state index contributed by atoms with van der Waals surface area (Å²) in [6.07, 6.45) is 1.98. The number of benzene rings is 1. The number of rotatable bonds is 6. The number of pyridine rings is 1. The third-order valence-corrected chi connectivity index (χ3v) is 8.83. The molecule has 0 spiro atoms. The molecule has 11 heteroatoms. The van der Waals surface area contributed by atoms with Gasteiger partial charge in [0.1, 0.15) is 21.5 Å². The maximum absolute atomic E-state index is 12.9. The van der Waals surface area contributed by atoms with E-state index in [1.54, 1.807) is 17.1 Å². The van der Waals surface area contributed by atoms with Crippen molar-refractivity contribution < 1.29 is 22.7 Å². The number of carbonyl (C=O) groups excluding carboxylic acids is 1. The first-order valence-corrected chi connectivity index (χ1v) is 13.3. The smallest absolute Gasteiger partial charge is 0.350 e. The molecule has 2 aromatic heterocycles. The van der Waals surface area contributed by atoms with Gasteiger partial charge in [0.15, 0.2) is 0 Å². The Morgan fingerprint density at radius 2 is 2.06 bits per heavy atom. The average Bonchev–Trinajstić information content (AvgIpc) is 3.29. The fraction of sp³-hybridized carbons (Fsp3) is 0.300. The number of sulfonamides is 1. The number of carbonyl (C=O) groups is 1. The van der Waals surface area contributed by atoms with Crippen LogP contribution >= 0.6 is 34.7 Å². The van der Waals surface area contributed by atoms with Gasteiger partial charge in [0, 0.05) is 28.9 Å². The fourth-order valence-corrected chi connectivity index (χ4v) is 6.51. The van der Waals surface area contributed by atoms with Crippen molar-refractivity contribution in [3.63, 3.8) is 0 Å². The zero-order valence-corrected chi connectivity index (χ0v) is 19.7. The van der Waals surface area contributed by atoms with Crippen LogP contribution in [0.2, 0.25) is 5.15 Å². The normalized spacial score (nSPS) is 15.3. The van der Waals surface area contributed by atoms with Crippen LogP contribution in [0, 0.1) is 0 Å². The van der Waals surface area contributed by atoms with Gasteiger partial charge in [0.25, 0.3) is 0 Å². The summed E-state index contributed by atoms with van der Waals surface area (Å²) in [6, 6.07) is 9.10. The lowest BCUT2D eigenvalue weighted by Crippen LogP contribution is -2.40. The lowest BCUT2D eigenvalue weighted by atomic mass is 10.2. The Labute approximate surface area is 193 Å². The number of morpholine rings is 1. The quantitative estimate of drug-likeness (QED) is 0.288. The van der Waals surface area contributed by atoms with Crippen LogP contribution in [0.4, 0.5) is 0 Å². The van der Waals surface area contributed by atoms with Gasteiger partial charge in [-0.2, -0.15) is 4.31 Å². The zero-order chi connectivity index (χ0) is 22.0. The molecule has 1 aliphatic heterocycles. The number of esters is 1. The molecule has 3 aromatic rings. The van der Waals surface area contributed by atoms with Crippen molar-refractivity contribution in [2.75, 3.05) is 32.6 Å². The number of fused-ring (bicyclic) bond motifs is 1. The van der Waals surface area contributed by atoms with E-state index in [0.717, 1.165) is 27.1 Å². The number of thiophene rings is 1. The van der Waals surface area contributed by atoms with E-state index in [2.05, 4.69) is 4.98 Å². The van der Waals surface area contributed by atoms with E-state index in [-0.39, 0.29) is 34.6 Å². The molecule has 4 rings (SSSR count). The summed E-state index contributed by atoms with van der Waals surface area (Å²) in [6.45, 7) is 1.05. The van der Waals surface area contributed by atoms with E-state index in [0.29, 0.717) is 18.8 Å². The van der Waals surface area contributed by atoms with Crippen molar-refractivity contribution in [1.82, 2.24) is 9.29 Å². The minimum Gasteiger partial charge on any atom is -0.456 e. The standard InChI is InChI=1S/C20H19ClN2O5S3/c1-29-15-3-2-13-10-14(19(21)22-16(13)11-15)12-28-20(24)18-17(4-9-30-18)31(25,26)23-5-7-27-8-6-23/h2-4,9-11H,5-8,12H2,1H3. The number of nitrogens with zero attached hydrogens (tertiary/aromatic N) is 2. The highest BCUT2D eigenvalue weighted by Gasteiger charge is 2.31. The highest BCUT2D eigenvalue weighted by molar-refractivity contribution is 7.98. The van der Waals surface area contributed by atoms with E-state index < -0.39 is 16.0 Å². The summed E-state index contributed by atoms with van der Waals surface area (Å²) >= 11 is 8.93. The predicted molar refractivity (Wildman–Crippen MR) is 122 cm³/mol. The largest absolute Gasteiger partial charge is 0.456 e. The third kappa shape index (κ3) is 4.74. The summed E-state index contributed by atoms with van der Waals surface area (Å²) in [7, 11) is -3.80. The molecule has 3 heterocycles. The number of halogens is 1. The number of hydrogen-bond acceptors (Lipinski definition) is 8. The van der Waals surface area contributed by atoms with Gasteiger partial charge in [0.2, 0.25) is 10.0 Å². The van der Waals surface area contributed by atoms with Gasteiger partial charge in [-0.15, -0.1) is 23.1 Å². The monoisotopic (exact) mass is 498 g/mol. The Hall–Kier alpha value is -1.69. The Morgan fingerprint density at radius 1 is 1.29 bits per heavy atom. The van der Waals surface area contributed by atoms with Gasteiger partial charge in [-0.3, -0.25) is 0 Å². The van der Waals surface area contributed by atoms with Crippen LogP contribution < -0.4 is 0 Å². The number of ether oxygens (including phenoxy) is 2. The molecular weight excluding hydrogens is 480 g/mol. The van der Waals surface area contributed by atoms with E-state index in [9.17, 15) is 13.2 Å². The highest BCUT2D eigenvalue weighted by Crippen LogP contribution is 2.28. The van der Waals surface area contributed by atoms with Crippen molar-refractivity contribution in [3.05, 3.63) is 51.3 Å². The molecule has 1 fully saturated rings. The van der Waals surface area contributed by atoms with E-state index >= 15 is 0 Å². The second-order valence-corrected chi connectivity index (χ2v) is 10.8. The molecule has 0 amide bonds. The number of aromatic nitrogens is 1. The lowest BCUT2D eigenvalue weighted by molar-refractivity contribution is 0.0473. The van der Waals surface area contributed by atoms with E-state index in [1.165, 1.54) is 10.4 Å². The summed E-state index contributed by atoms with van der Waals surface area (Å²) in [4.78, 5) is 18.2. The number of thioether (sulfide) groups is 1. The van der Waals surface area contributed by atoms with Crippen molar-refractivity contribution >= 4 is 61.6 Å². The van der Waals surface area contributed by atoms with Crippen LogP contribution in [-0.4, -0.2) is 56.2 Å². The Morgan fingerprint density at radius 3 is 2.81 bits per heavy atom. The first kappa shape index (κ1) is 22.5. The van der Waals surface area contributed by atoms with Gasteiger partial charge in [0.05, 0.1) is 18.7 Å². The molecule has 0 radical (unpaired) electrons. The SMILES string of the molecule is CSc1ccc2cc(COC(=O)c3sccc3S(=O)(=O)N3CCOCC3)c(Cl)nc2c1. The summed E-state index contributed by atoms with van der Waals surface area (Å²) < 4.78 is 37.8. The van der Waals surface area contributed by atoms with Crippen LogP contribution in [0.25, 0.3) is 10.9 Å². The third-order valence-electron chi connectivity index (χ3n) is 4.81. The molecule has 0 aliphatic carbocycles. The summed E-state index contributed by atoms with van der Waals surface area (Å²) in [5.41, 5.74) is 1.30. The molecule has 1 aliphatic rings. The molecule has 164 valence electrons. The molecule has 0 saturated carbocycles. The lowest BCUT2D eigenvalue weighted by Gasteiger charge is -2.25. The fourth-order valence-electron chi connectivity index (χ4n) is 3.18. The van der Waals surface area contributed by atoms with Crippen molar-refractivity contribution in [2.24, 2.45) is 0 Å². The number of hydrogen-bond donors (Lipinski definition) is 0. The minimum absolute atomic E-state index is 0.0426. The van der Waals surface area contributed by atoms with Crippen LogP contribution in [-0.2, 0) is 26.1 Å². The molecule has 0 bridgehead atoms. The van der Waals surface area contributed by atoms with Crippen molar-refractivity contribution in [3.8, 4) is 0 Å². The first-order valence-electron chi connectivity index (χ1n) is 9.36. The van der Waals surface area contributed by atoms with Crippen LogP contribution in [0.1, 0.15) is 15.2 Å². The zero-order valence-electron chi connectivity index (χ0n) is 16.5. The van der Waals surface area contributed by atoms with Gasteiger partial charge in [-0.25, -0.2) is 18.2 Å². The highest BCUT2D eigenvalue weighted by atomic mass is 35.5. The Kier molecular flexibility index (Phi) is 6.85. The molecular formula is C20H19ClN2O5S3. The van der Waals surface area contributed by atoms with Crippen LogP contribution in [0.5, 0.6) is 0 Å². The van der Waals surface area contributed by atoms with E-state index in [4.69, 9.17) is 21.1 Å². The maximum Gasteiger partial charge on any atom is 0.350 e. The van der Waals surface area contributed by atoms with Gasteiger partial charge in [-0.1, -0.05) is 17.7 Å². The molecule has 0 unspecified atom stereocenters. The van der Waals surface area contributed by atoms with Crippen LogP contribution in [0.15, 0.2) is 45.5 Å². The van der Waals surface area contributed by atoms with Gasteiger partial charge in [-0.05, 0) is 35.9 Å². The van der Waals surface area contributed by atoms with Gasteiger partial charge < -0.3 is 9.47 Å². The average molecular weight is 499 g/mol. The molecule has 31 heavy (non-hydrogen) atoms. The Bertz CT molecular complexity index is 1220. The van der Waals surface area contributed by atoms with Crippen molar-refractivity contribution in [1.29, 1.82) is 0 Å². The molecule has 0 atom stereocenters. The van der Waals surface area contributed by atoms with Crippen molar-refractivity contribution in [2.45, 2.75) is 16.4 Å². The summed E-state index contributed by atoms with van der Waals surface area (Å²) in [5.74, 6) is -0.712. The topological polar surface area (TPSA) is 85.8 Å². The Balaban J connectivity index is 1.52. The minimum atomic E-state index is -3.80. The second kappa shape index (κ2) is 9.43. The molecule has 1 saturated heterocycles. The molecule has 7 nitrogen and oxygen atoms in total. The first-order chi connectivity index (χ1) is 14.9. The summed E-state index contributed by atoms with van der Waals surface area (Å²) in [5, 5.41) is 2.68. The maximum atomic E-state index is 12.9. The van der Waals surface area contributed by atoms with Gasteiger partial charge >= 0.3 is 5.97 Å².